The summed E-state index contributed by atoms with van der Waals surface area (Å²) in [4.78, 5) is 30.2. The lowest BCUT2D eigenvalue weighted by molar-refractivity contribution is 0.0996. The van der Waals surface area contributed by atoms with Crippen LogP contribution in [-0.2, 0) is 16.9 Å². The number of imidazole rings is 1. The van der Waals surface area contributed by atoms with E-state index in [0.717, 1.165) is 5.52 Å². The molecule has 1 aliphatic heterocycles. The molecule has 0 radical (unpaired) electrons. The number of nitrogens with zero attached hydrogens (tertiary/aromatic N) is 5. The zero-order valence-electron chi connectivity index (χ0n) is 19.7. The summed E-state index contributed by atoms with van der Waals surface area (Å²) < 4.78 is 26.7. The third-order valence-corrected chi connectivity index (χ3v) is 8.21. The van der Waals surface area contributed by atoms with E-state index in [1.807, 2.05) is 11.6 Å². The first-order valence-corrected chi connectivity index (χ1v) is 12.9. The van der Waals surface area contributed by atoms with Gasteiger partial charge in [0, 0.05) is 39.1 Å². The number of carbonyl (C=O) groups excluding carboxylic acids is 1. The SMILES string of the molecule is CNc1nc(Nc2ccc(C3CNCCS3(=O)=O)cc2)c(C(N)=O)nc1-c1cncc2c1ncn2C. The van der Waals surface area contributed by atoms with Gasteiger partial charge in [0.15, 0.2) is 27.2 Å². The fourth-order valence-corrected chi connectivity index (χ4v) is 5.89. The van der Waals surface area contributed by atoms with Crippen molar-refractivity contribution in [3.63, 3.8) is 0 Å². The first-order chi connectivity index (χ1) is 17.3. The van der Waals surface area contributed by atoms with Crippen LogP contribution in [0, 0.1) is 0 Å². The molecule has 0 aliphatic carbocycles. The predicted octanol–water partition coefficient (Wildman–Crippen LogP) is 1.37. The average molecular weight is 508 g/mol. The molecule has 1 atom stereocenters. The van der Waals surface area contributed by atoms with Gasteiger partial charge in [0.2, 0.25) is 0 Å². The van der Waals surface area contributed by atoms with Crippen molar-refractivity contribution in [1.82, 2.24) is 29.8 Å². The van der Waals surface area contributed by atoms with Gasteiger partial charge in [-0.3, -0.25) is 9.78 Å². The van der Waals surface area contributed by atoms with E-state index in [1.165, 1.54) is 0 Å². The van der Waals surface area contributed by atoms with Gasteiger partial charge in [-0.1, -0.05) is 12.1 Å². The molecule has 1 saturated heterocycles. The average Bonchev–Trinajstić information content (AvgIpc) is 3.25. The summed E-state index contributed by atoms with van der Waals surface area (Å²) in [5.74, 6) is -0.0863. The van der Waals surface area contributed by atoms with Crippen LogP contribution in [0.15, 0.2) is 43.0 Å². The number of fused-ring (bicyclic) bond motifs is 1. The van der Waals surface area contributed by atoms with E-state index >= 15 is 0 Å². The van der Waals surface area contributed by atoms with Crippen LogP contribution in [0.2, 0.25) is 0 Å². The van der Waals surface area contributed by atoms with Crippen LogP contribution < -0.4 is 21.7 Å². The van der Waals surface area contributed by atoms with E-state index in [-0.39, 0.29) is 17.3 Å². The van der Waals surface area contributed by atoms with Crippen LogP contribution in [-0.4, -0.2) is 64.7 Å². The highest BCUT2D eigenvalue weighted by atomic mass is 32.2. The number of aromatic nitrogens is 5. The minimum Gasteiger partial charge on any atom is -0.371 e. The molecular formula is C23H25N9O3S. The third kappa shape index (κ3) is 4.22. The first kappa shape index (κ1) is 23.6. The van der Waals surface area contributed by atoms with E-state index < -0.39 is 21.0 Å². The quantitative estimate of drug-likeness (QED) is 0.299. The molecule has 0 bridgehead atoms. The minimum absolute atomic E-state index is 0.0555. The molecule has 12 nitrogen and oxygen atoms in total. The van der Waals surface area contributed by atoms with Gasteiger partial charge in [0.25, 0.3) is 5.91 Å². The number of hydrogen-bond donors (Lipinski definition) is 4. The highest BCUT2D eigenvalue weighted by molar-refractivity contribution is 7.91. The summed E-state index contributed by atoms with van der Waals surface area (Å²) >= 11 is 0. The van der Waals surface area contributed by atoms with Gasteiger partial charge in [-0.2, -0.15) is 0 Å². The Morgan fingerprint density at radius 3 is 2.64 bits per heavy atom. The number of pyridine rings is 1. The number of carbonyl (C=O) groups is 1. The van der Waals surface area contributed by atoms with Crippen molar-refractivity contribution in [3.8, 4) is 11.3 Å². The molecule has 3 aromatic heterocycles. The van der Waals surface area contributed by atoms with Gasteiger partial charge in [-0.15, -0.1) is 0 Å². The Hall–Kier alpha value is -4.10. The Morgan fingerprint density at radius 2 is 1.94 bits per heavy atom. The topological polar surface area (TPSA) is 170 Å². The second kappa shape index (κ2) is 9.17. The lowest BCUT2D eigenvalue weighted by Crippen LogP contribution is -2.38. The summed E-state index contributed by atoms with van der Waals surface area (Å²) in [5, 5.41) is 8.63. The van der Waals surface area contributed by atoms with Crippen LogP contribution in [0.5, 0.6) is 0 Å². The molecule has 1 unspecified atom stereocenters. The molecule has 1 amide bonds. The Bertz CT molecular complexity index is 1570. The Labute approximate surface area is 207 Å². The molecule has 1 aromatic carbocycles. The zero-order valence-corrected chi connectivity index (χ0v) is 20.5. The van der Waals surface area contributed by atoms with Gasteiger partial charge in [0.1, 0.15) is 11.2 Å². The monoisotopic (exact) mass is 507 g/mol. The molecule has 36 heavy (non-hydrogen) atoms. The standard InChI is InChI=1S/C23H25N9O3S/c1-25-22-19(15-9-27-10-16-18(15)28-12-32(16)2)30-20(21(24)33)23(31-22)29-14-5-3-13(4-6-14)17-11-26-7-8-36(17,34)35/h3-6,9-10,12,17,26H,7-8,11H2,1-2H3,(H2,24,33)(H2,25,29,31). The Kier molecular flexibility index (Phi) is 6.02. The fourth-order valence-electron chi connectivity index (χ4n) is 4.23. The van der Waals surface area contributed by atoms with E-state index in [2.05, 4.69) is 35.9 Å². The molecule has 5 rings (SSSR count). The number of nitrogens with one attached hydrogen (secondary N) is 3. The second-order valence-corrected chi connectivity index (χ2v) is 10.8. The number of benzene rings is 1. The van der Waals surface area contributed by atoms with Gasteiger partial charge >= 0.3 is 0 Å². The van der Waals surface area contributed by atoms with Gasteiger partial charge in [0.05, 0.1) is 34.6 Å². The van der Waals surface area contributed by atoms with E-state index in [9.17, 15) is 13.2 Å². The minimum atomic E-state index is -3.21. The second-order valence-electron chi connectivity index (χ2n) is 8.45. The van der Waals surface area contributed by atoms with Crippen molar-refractivity contribution in [2.24, 2.45) is 12.8 Å². The smallest absolute Gasteiger partial charge is 0.271 e. The number of anilines is 3. The molecule has 1 fully saturated rings. The van der Waals surface area contributed by atoms with Gasteiger partial charge < -0.3 is 26.3 Å². The number of nitrogens with two attached hydrogens (primary N) is 1. The van der Waals surface area contributed by atoms with Crippen LogP contribution in [0.4, 0.5) is 17.3 Å². The molecule has 4 heterocycles. The molecule has 186 valence electrons. The normalized spacial score (nSPS) is 17.1. The summed E-state index contributed by atoms with van der Waals surface area (Å²) in [5.41, 5.74) is 9.35. The lowest BCUT2D eigenvalue weighted by atomic mass is 10.1. The van der Waals surface area contributed by atoms with E-state index in [4.69, 9.17) is 5.73 Å². The number of rotatable bonds is 6. The molecule has 13 heteroatoms. The molecule has 0 spiro atoms. The molecule has 5 N–H and O–H groups in total. The van der Waals surface area contributed by atoms with Crippen LogP contribution in [0.3, 0.4) is 0 Å². The predicted molar refractivity (Wildman–Crippen MR) is 137 cm³/mol. The summed E-state index contributed by atoms with van der Waals surface area (Å²) in [6.07, 6.45) is 4.98. The maximum Gasteiger partial charge on any atom is 0.271 e. The summed E-state index contributed by atoms with van der Waals surface area (Å²) in [6.45, 7) is 0.832. The van der Waals surface area contributed by atoms with Crippen LogP contribution >= 0.6 is 0 Å². The number of aryl methyl sites for hydroxylation is 1. The number of primary amides is 1. The Morgan fingerprint density at radius 1 is 1.17 bits per heavy atom. The number of hydrogen-bond acceptors (Lipinski definition) is 10. The summed E-state index contributed by atoms with van der Waals surface area (Å²) in [6, 6.07) is 6.96. The van der Waals surface area contributed by atoms with Crippen LogP contribution in [0.1, 0.15) is 21.3 Å². The largest absolute Gasteiger partial charge is 0.371 e. The number of amides is 1. The van der Waals surface area contributed by atoms with Crippen molar-refractivity contribution < 1.29 is 13.2 Å². The Balaban J connectivity index is 1.52. The highest BCUT2D eigenvalue weighted by Gasteiger charge is 2.30. The van der Waals surface area contributed by atoms with E-state index in [0.29, 0.717) is 46.9 Å². The molecule has 4 aromatic rings. The van der Waals surface area contributed by atoms with Crippen molar-refractivity contribution >= 4 is 44.1 Å². The molecular weight excluding hydrogens is 482 g/mol. The highest BCUT2D eigenvalue weighted by Crippen LogP contribution is 2.33. The molecule has 0 saturated carbocycles. The van der Waals surface area contributed by atoms with E-state index in [1.54, 1.807) is 50.0 Å². The fraction of sp³-hybridized carbons (Fsp3) is 0.261. The van der Waals surface area contributed by atoms with Gasteiger partial charge in [-0.05, 0) is 17.7 Å². The van der Waals surface area contributed by atoms with Crippen LogP contribution in [0.25, 0.3) is 22.3 Å². The number of sulfone groups is 1. The maximum atomic E-state index is 12.4. The summed E-state index contributed by atoms with van der Waals surface area (Å²) in [7, 11) is 0.348. The van der Waals surface area contributed by atoms with Gasteiger partial charge in [-0.25, -0.2) is 23.4 Å². The van der Waals surface area contributed by atoms with Crippen molar-refractivity contribution in [2.45, 2.75) is 5.25 Å². The first-order valence-electron chi connectivity index (χ1n) is 11.2. The maximum absolute atomic E-state index is 12.4. The van der Waals surface area contributed by atoms with Crippen molar-refractivity contribution in [2.75, 3.05) is 36.5 Å². The zero-order chi connectivity index (χ0) is 25.4. The van der Waals surface area contributed by atoms with Crippen molar-refractivity contribution in [3.05, 3.63) is 54.2 Å². The third-order valence-electron chi connectivity index (χ3n) is 6.13. The molecule has 1 aliphatic rings. The van der Waals surface area contributed by atoms with Crippen molar-refractivity contribution in [1.29, 1.82) is 0 Å². The lowest BCUT2D eigenvalue weighted by Gasteiger charge is -2.23.